The third-order valence-electron chi connectivity index (χ3n) is 4.50. The third kappa shape index (κ3) is 6.73. The van der Waals surface area contributed by atoms with Crippen molar-refractivity contribution in [3.8, 4) is 0 Å². The molecule has 160 valence electrons. The standard InChI is InChI=1S/C22H22N4O3S2/c27-19(24-25-20(28)17-10-7-12-23-15-17)11-5-2-6-13-26-21(29)18(31-22(26)30)14-16-8-3-1-4-9-16/h1,3-4,7-10,12,14-15H,2,5-6,11,13H2,(H,24,27)(H,25,28). The lowest BCUT2D eigenvalue weighted by atomic mass is 10.2. The predicted molar refractivity (Wildman–Crippen MR) is 125 cm³/mol. The minimum atomic E-state index is -0.417. The van der Waals surface area contributed by atoms with Crippen molar-refractivity contribution < 1.29 is 14.4 Å². The van der Waals surface area contributed by atoms with Crippen LogP contribution < -0.4 is 10.9 Å². The molecule has 2 heterocycles. The number of pyridine rings is 1. The minimum Gasteiger partial charge on any atom is -0.293 e. The maximum absolute atomic E-state index is 12.6. The van der Waals surface area contributed by atoms with Crippen LogP contribution in [0.2, 0.25) is 0 Å². The number of amides is 3. The van der Waals surface area contributed by atoms with Crippen LogP contribution in [0.3, 0.4) is 0 Å². The van der Waals surface area contributed by atoms with E-state index in [2.05, 4.69) is 15.8 Å². The van der Waals surface area contributed by atoms with Crippen LogP contribution in [-0.2, 0) is 9.59 Å². The second kappa shape index (κ2) is 11.4. The fourth-order valence-corrected chi connectivity index (χ4v) is 4.19. The first-order valence-corrected chi connectivity index (χ1v) is 11.1. The van der Waals surface area contributed by atoms with Gasteiger partial charge in [-0.3, -0.25) is 35.1 Å². The van der Waals surface area contributed by atoms with E-state index >= 15 is 0 Å². The van der Waals surface area contributed by atoms with Crippen LogP contribution in [0.5, 0.6) is 0 Å². The molecule has 3 amide bonds. The zero-order chi connectivity index (χ0) is 22.1. The molecule has 0 bridgehead atoms. The number of thioether (sulfide) groups is 1. The Bertz CT molecular complexity index is 981. The molecule has 1 fully saturated rings. The van der Waals surface area contributed by atoms with Gasteiger partial charge in [0.05, 0.1) is 10.5 Å². The van der Waals surface area contributed by atoms with Gasteiger partial charge in [0.15, 0.2) is 0 Å². The summed E-state index contributed by atoms with van der Waals surface area (Å²) in [5, 5.41) is 0. The van der Waals surface area contributed by atoms with Gasteiger partial charge in [0, 0.05) is 25.4 Å². The maximum Gasteiger partial charge on any atom is 0.271 e. The maximum atomic E-state index is 12.6. The Balaban J connectivity index is 1.34. The van der Waals surface area contributed by atoms with Crippen LogP contribution in [0.1, 0.15) is 41.6 Å². The number of hydrazine groups is 1. The van der Waals surface area contributed by atoms with Gasteiger partial charge in [-0.1, -0.05) is 60.7 Å². The van der Waals surface area contributed by atoms with E-state index in [1.807, 2.05) is 36.4 Å². The lowest BCUT2D eigenvalue weighted by molar-refractivity contribution is -0.123. The van der Waals surface area contributed by atoms with E-state index in [1.54, 1.807) is 23.2 Å². The van der Waals surface area contributed by atoms with Gasteiger partial charge in [-0.2, -0.15) is 0 Å². The monoisotopic (exact) mass is 454 g/mol. The minimum absolute atomic E-state index is 0.0743. The van der Waals surface area contributed by atoms with Crippen LogP contribution in [0, 0.1) is 0 Å². The van der Waals surface area contributed by atoms with Crippen molar-refractivity contribution in [2.24, 2.45) is 0 Å². The fourth-order valence-electron chi connectivity index (χ4n) is 2.88. The number of thiocarbonyl (C=S) groups is 1. The number of nitrogens with one attached hydrogen (secondary N) is 2. The molecule has 3 rings (SSSR count). The van der Waals surface area contributed by atoms with E-state index in [1.165, 1.54) is 18.0 Å². The van der Waals surface area contributed by atoms with Crippen molar-refractivity contribution in [2.45, 2.75) is 25.7 Å². The molecular weight excluding hydrogens is 432 g/mol. The van der Waals surface area contributed by atoms with Crippen molar-refractivity contribution in [2.75, 3.05) is 6.54 Å². The highest BCUT2D eigenvalue weighted by Crippen LogP contribution is 2.32. The largest absolute Gasteiger partial charge is 0.293 e. The molecule has 9 heteroatoms. The Kier molecular flexibility index (Phi) is 8.31. The molecule has 0 atom stereocenters. The molecular formula is C22H22N4O3S2. The van der Waals surface area contributed by atoms with Gasteiger partial charge in [0.25, 0.3) is 11.8 Å². The van der Waals surface area contributed by atoms with Gasteiger partial charge in [0.1, 0.15) is 4.32 Å². The number of hydrogen-bond donors (Lipinski definition) is 2. The lowest BCUT2D eigenvalue weighted by Gasteiger charge is -2.14. The summed E-state index contributed by atoms with van der Waals surface area (Å²) in [5.41, 5.74) is 6.09. The highest BCUT2D eigenvalue weighted by Gasteiger charge is 2.31. The highest BCUT2D eigenvalue weighted by molar-refractivity contribution is 8.26. The zero-order valence-electron chi connectivity index (χ0n) is 16.7. The zero-order valence-corrected chi connectivity index (χ0v) is 18.4. The number of aromatic nitrogens is 1. The van der Waals surface area contributed by atoms with Gasteiger partial charge in [-0.05, 0) is 36.6 Å². The normalized spacial score (nSPS) is 14.7. The van der Waals surface area contributed by atoms with Crippen LogP contribution in [0.15, 0.2) is 59.8 Å². The van der Waals surface area contributed by atoms with Crippen LogP contribution in [-0.4, -0.2) is 38.5 Å². The molecule has 1 aliphatic heterocycles. The number of unbranched alkanes of at least 4 members (excludes halogenated alkanes) is 2. The molecule has 1 aromatic carbocycles. The van der Waals surface area contributed by atoms with Crippen molar-refractivity contribution in [1.82, 2.24) is 20.7 Å². The first kappa shape index (κ1) is 22.6. The molecule has 2 aromatic rings. The molecule has 0 aliphatic carbocycles. The number of nitrogens with zero attached hydrogens (tertiary/aromatic N) is 2. The Labute approximate surface area is 190 Å². The SMILES string of the molecule is O=C(CCCCCN1C(=O)C(=Cc2ccccc2)SC1=S)NNC(=O)c1cccnc1. The molecule has 1 aromatic heterocycles. The predicted octanol–water partition coefficient (Wildman–Crippen LogP) is 3.30. The number of rotatable bonds is 8. The average molecular weight is 455 g/mol. The molecule has 0 radical (unpaired) electrons. The molecule has 1 saturated heterocycles. The Morgan fingerprint density at radius 1 is 1.06 bits per heavy atom. The molecule has 0 saturated carbocycles. The van der Waals surface area contributed by atoms with Crippen molar-refractivity contribution in [3.63, 3.8) is 0 Å². The molecule has 1 aliphatic rings. The summed E-state index contributed by atoms with van der Waals surface area (Å²) in [4.78, 5) is 42.4. The van der Waals surface area contributed by atoms with Crippen molar-refractivity contribution in [3.05, 3.63) is 70.9 Å². The van der Waals surface area contributed by atoms with Gasteiger partial charge in [-0.25, -0.2) is 0 Å². The Morgan fingerprint density at radius 2 is 1.87 bits per heavy atom. The van der Waals surface area contributed by atoms with Gasteiger partial charge >= 0.3 is 0 Å². The highest BCUT2D eigenvalue weighted by atomic mass is 32.2. The van der Waals surface area contributed by atoms with Gasteiger partial charge in [0.2, 0.25) is 5.91 Å². The molecule has 2 N–H and O–H groups in total. The number of hydrogen-bond acceptors (Lipinski definition) is 6. The topological polar surface area (TPSA) is 91.4 Å². The first-order valence-electron chi connectivity index (χ1n) is 9.84. The van der Waals surface area contributed by atoms with E-state index in [-0.39, 0.29) is 18.2 Å². The quantitative estimate of drug-likeness (QED) is 0.275. The van der Waals surface area contributed by atoms with E-state index in [0.29, 0.717) is 27.8 Å². The number of carbonyl (C=O) groups excluding carboxylic acids is 3. The molecule has 31 heavy (non-hydrogen) atoms. The second-order valence-corrected chi connectivity index (χ2v) is 8.47. The smallest absolute Gasteiger partial charge is 0.271 e. The summed E-state index contributed by atoms with van der Waals surface area (Å²) in [7, 11) is 0. The molecule has 0 spiro atoms. The van der Waals surface area contributed by atoms with Crippen molar-refractivity contribution in [1.29, 1.82) is 0 Å². The van der Waals surface area contributed by atoms with E-state index < -0.39 is 5.91 Å². The van der Waals surface area contributed by atoms with Crippen LogP contribution in [0.4, 0.5) is 0 Å². The molecule has 0 unspecified atom stereocenters. The summed E-state index contributed by atoms with van der Waals surface area (Å²) >= 11 is 6.66. The fraction of sp³-hybridized carbons (Fsp3) is 0.227. The summed E-state index contributed by atoms with van der Waals surface area (Å²) < 4.78 is 0.558. The second-order valence-electron chi connectivity index (χ2n) is 6.80. The summed E-state index contributed by atoms with van der Waals surface area (Å²) in [5.74, 6) is -0.761. The van der Waals surface area contributed by atoms with E-state index in [9.17, 15) is 14.4 Å². The van der Waals surface area contributed by atoms with Crippen molar-refractivity contribution >= 4 is 52.1 Å². The first-order chi connectivity index (χ1) is 15.0. The van der Waals surface area contributed by atoms with Gasteiger partial charge in [-0.15, -0.1) is 0 Å². The Hall–Kier alpha value is -3.04. The van der Waals surface area contributed by atoms with E-state index in [0.717, 1.165) is 18.4 Å². The third-order valence-corrected chi connectivity index (χ3v) is 5.87. The summed E-state index contributed by atoms with van der Waals surface area (Å²) in [6.45, 7) is 0.524. The van der Waals surface area contributed by atoms with Gasteiger partial charge < -0.3 is 0 Å². The van der Waals surface area contributed by atoms with Crippen LogP contribution >= 0.6 is 24.0 Å². The van der Waals surface area contributed by atoms with Crippen LogP contribution in [0.25, 0.3) is 6.08 Å². The number of benzene rings is 1. The number of carbonyl (C=O) groups is 3. The van der Waals surface area contributed by atoms with E-state index in [4.69, 9.17) is 12.2 Å². The lowest BCUT2D eigenvalue weighted by Crippen LogP contribution is -2.41. The average Bonchev–Trinajstić information content (AvgIpc) is 3.05. The molecule has 7 nitrogen and oxygen atoms in total. The Morgan fingerprint density at radius 3 is 2.61 bits per heavy atom. The summed E-state index contributed by atoms with van der Waals surface area (Å²) in [6, 6.07) is 12.9. The summed E-state index contributed by atoms with van der Waals surface area (Å²) in [6.07, 6.45) is 7.26.